The molecule has 0 aromatic heterocycles. The first-order valence-electron chi connectivity index (χ1n) is 9.04. The van der Waals surface area contributed by atoms with Gasteiger partial charge in [0.25, 0.3) is 5.91 Å². The molecule has 3 aromatic carbocycles. The molecule has 144 valence electrons. The summed E-state index contributed by atoms with van der Waals surface area (Å²) in [5.41, 5.74) is 3.13. The summed E-state index contributed by atoms with van der Waals surface area (Å²) < 4.78 is 24.0. The zero-order valence-corrected chi connectivity index (χ0v) is 15.4. The summed E-state index contributed by atoms with van der Waals surface area (Å²) in [5, 5.41) is 2.84. The zero-order chi connectivity index (χ0) is 19.6. The highest BCUT2D eigenvalue weighted by atomic mass is 19.1. The van der Waals surface area contributed by atoms with Gasteiger partial charge in [0.15, 0.2) is 6.61 Å². The topological polar surface area (TPSA) is 47.6 Å². The van der Waals surface area contributed by atoms with Crippen molar-refractivity contribution >= 4 is 5.91 Å². The lowest BCUT2D eigenvalue weighted by atomic mass is 10.1. The third-order valence-electron chi connectivity index (χ3n) is 4.15. The highest BCUT2D eigenvalue weighted by Crippen LogP contribution is 2.13. The van der Waals surface area contributed by atoms with E-state index in [1.165, 1.54) is 24.3 Å². The van der Waals surface area contributed by atoms with Crippen molar-refractivity contribution in [2.45, 2.75) is 19.8 Å². The van der Waals surface area contributed by atoms with Crippen LogP contribution in [0.2, 0.25) is 0 Å². The van der Waals surface area contributed by atoms with E-state index in [-0.39, 0.29) is 18.3 Å². The van der Waals surface area contributed by atoms with Crippen LogP contribution in [-0.2, 0) is 29.3 Å². The summed E-state index contributed by atoms with van der Waals surface area (Å²) in [5.74, 6) is -0.140. The van der Waals surface area contributed by atoms with Crippen molar-refractivity contribution in [2.75, 3.05) is 6.61 Å². The maximum atomic E-state index is 12.9. The summed E-state index contributed by atoms with van der Waals surface area (Å²) in [7, 11) is 0. The molecule has 4 nitrogen and oxygen atoms in total. The summed E-state index contributed by atoms with van der Waals surface area (Å²) in [6.07, 6.45) is 0. The number of benzene rings is 3. The Morgan fingerprint density at radius 1 is 0.821 bits per heavy atom. The Balaban J connectivity index is 1.46. The fraction of sp³-hybridized carbons (Fsp3) is 0.174. The highest BCUT2D eigenvalue weighted by molar-refractivity contribution is 5.77. The van der Waals surface area contributed by atoms with Gasteiger partial charge < -0.3 is 14.8 Å². The minimum absolute atomic E-state index is 0.127. The molecule has 0 aliphatic heterocycles. The van der Waals surface area contributed by atoms with Gasteiger partial charge in [0, 0.05) is 6.54 Å². The van der Waals surface area contributed by atoms with Gasteiger partial charge in [-0.05, 0) is 41.0 Å². The molecule has 1 amide bonds. The lowest BCUT2D eigenvalue weighted by molar-refractivity contribution is -0.123. The molecule has 0 bridgehead atoms. The molecule has 0 radical (unpaired) electrons. The van der Waals surface area contributed by atoms with E-state index < -0.39 is 0 Å². The highest BCUT2D eigenvalue weighted by Gasteiger charge is 2.06. The Bertz CT molecular complexity index is 882. The summed E-state index contributed by atoms with van der Waals surface area (Å²) >= 11 is 0. The average Bonchev–Trinajstić information content (AvgIpc) is 2.73. The zero-order valence-electron chi connectivity index (χ0n) is 15.4. The molecule has 0 fully saturated rings. The smallest absolute Gasteiger partial charge is 0.258 e. The molecule has 3 rings (SSSR count). The monoisotopic (exact) mass is 379 g/mol. The van der Waals surface area contributed by atoms with Crippen molar-refractivity contribution in [3.63, 3.8) is 0 Å². The van der Waals surface area contributed by atoms with E-state index in [1.54, 1.807) is 0 Å². The van der Waals surface area contributed by atoms with E-state index in [4.69, 9.17) is 9.47 Å². The van der Waals surface area contributed by atoms with Crippen LogP contribution in [0, 0.1) is 5.82 Å². The maximum Gasteiger partial charge on any atom is 0.258 e. The van der Waals surface area contributed by atoms with Crippen LogP contribution in [0.5, 0.6) is 5.75 Å². The number of nitrogens with one attached hydrogen (secondary N) is 1. The fourth-order valence-corrected chi connectivity index (χ4v) is 2.65. The molecular weight excluding hydrogens is 357 g/mol. The number of amides is 1. The van der Waals surface area contributed by atoms with Crippen molar-refractivity contribution in [3.05, 3.63) is 101 Å². The van der Waals surface area contributed by atoms with Crippen LogP contribution in [0.1, 0.15) is 16.7 Å². The van der Waals surface area contributed by atoms with Crippen molar-refractivity contribution in [1.82, 2.24) is 5.32 Å². The normalized spacial score (nSPS) is 10.5. The molecule has 28 heavy (non-hydrogen) atoms. The van der Waals surface area contributed by atoms with Crippen LogP contribution in [0.3, 0.4) is 0 Å². The van der Waals surface area contributed by atoms with Crippen LogP contribution >= 0.6 is 0 Å². The molecule has 0 aliphatic carbocycles. The SMILES string of the molecule is O=C(COc1ccc(F)cc1)NCc1ccccc1COCc1ccccc1. The van der Waals surface area contributed by atoms with Crippen molar-refractivity contribution in [3.8, 4) is 5.75 Å². The number of carbonyl (C=O) groups excluding carboxylic acids is 1. The molecule has 0 heterocycles. The predicted molar refractivity (Wildman–Crippen MR) is 105 cm³/mol. The molecule has 0 saturated carbocycles. The quantitative estimate of drug-likeness (QED) is 0.605. The summed E-state index contributed by atoms with van der Waals surface area (Å²) in [6, 6.07) is 23.4. The van der Waals surface area contributed by atoms with Gasteiger partial charge in [-0.1, -0.05) is 54.6 Å². The Morgan fingerprint density at radius 2 is 1.50 bits per heavy atom. The van der Waals surface area contributed by atoms with Crippen LogP contribution in [0.25, 0.3) is 0 Å². The molecule has 0 atom stereocenters. The van der Waals surface area contributed by atoms with Crippen LogP contribution in [-0.4, -0.2) is 12.5 Å². The van der Waals surface area contributed by atoms with Crippen LogP contribution in [0.15, 0.2) is 78.9 Å². The lowest BCUT2D eigenvalue weighted by Gasteiger charge is -2.12. The van der Waals surface area contributed by atoms with Gasteiger partial charge in [-0.25, -0.2) is 4.39 Å². The first-order chi connectivity index (χ1) is 13.7. The average molecular weight is 379 g/mol. The van der Waals surface area contributed by atoms with E-state index in [9.17, 15) is 9.18 Å². The van der Waals surface area contributed by atoms with Crippen LogP contribution < -0.4 is 10.1 Å². The maximum absolute atomic E-state index is 12.9. The molecule has 1 N–H and O–H groups in total. The van der Waals surface area contributed by atoms with Gasteiger partial charge in [-0.15, -0.1) is 0 Å². The Hall–Kier alpha value is -3.18. The minimum atomic E-state index is -0.345. The Kier molecular flexibility index (Phi) is 7.15. The van der Waals surface area contributed by atoms with Gasteiger partial charge in [0.1, 0.15) is 11.6 Å². The first-order valence-corrected chi connectivity index (χ1v) is 9.04. The van der Waals surface area contributed by atoms with Crippen molar-refractivity contribution in [2.24, 2.45) is 0 Å². The van der Waals surface area contributed by atoms with E-state index in [0.717, 1.165) is 16.7 Å². The van der Waals surface area contributed by atoms with Crippen molar-refractivity contribution < 1.29 is 18.7 Å². The van der Waals surface area contributed by atoms with Gasteiger partial charge in [0.05, 0.1) is 13.2 Å². The van der Waals surface area contributed by atoms with E-state index in [0.29, 0.717) is 25.5 Å². The number of hydrogen-bond acceptors (Lipinski definition) is 3. The third-order valence-corrected chi connectivity index (χ3v) is 4.15. The van der Waals surface area contributed by atoms with Gasteiger partial charge in [-0.3, -0.25) is 4.79 Å². The second-order valence-electron chi connectivity index (χ2n) is 6.27. The molecular formula is C23H22FNO3. The van der Waals surface area contributed by atoms with E-state index in [1.807, 2.05) is 54.6 Å². The van der Waals surface area contributed by atoms with Gasteiger partial charge in [-0.2, -0.15) is 0 Å². The lowest BCUT2D eigenvalue weighted by Crippen LogP contribution is -2.28. The Morgan fingerprint density at radius 3 is 2.25 bits per heavy atom. The first kappa shape index (κ1) is 19.6. The van der Waals surface area contributed by atoms with E-state index in [2.05, 4.69) is 5.32 Å². The number of ether oxygens (including phenoxy) is 2. The Labute approximate surface area is 163 Å². The second-order valence-corrected chi connectivity index (χ2v) is 6.27. The molecule has 0 saturated heterocycles. The largest absolute Gasteiger partial charge is 0.484 e. The van der Waals surface area contributed by atoms with E-state index >= 15 is 0 Å². The minimum Gasteiger partial charge on any atom is -0.484 e. The molecule has 3 aromatic rings. The number of carbonyl (C=O) groups is 1. The second kappa shape index (κ2) is 10.2. The fourth-order valence-electron chi connectivity index (χ4n) is 2.65. The van der Waals surface area contributed by atoms with Gasteiger partial charge in [0.2, 0.25) is 0 Å². The summed E-state index contributed by atoms with van der Waals surface area (Å²) in [4.78, 5) is 12.0. The number of rotatable bonds is 9. The molecule has 5 heteroatoms. The predicted octanol–water partition coefficient (Wildman–Crippen LogP) is 4.24. The summed E-state index contributed by atoms with van der Waals surface area (Å²) in [6.45, 7) is 1.26. The van der Waals surface area contributed by atoms with Crippen LogP contribution in [0.4, 0.5) is 4.39 Å². The van der Waals surface area contributed by atoms with Gasteiger partial charge >= 0.3 is 0 Å². The van der Waals surface area contributed by atoms with Crippen molar-refractivity contribution in [1.29, 1.82) is 0 Å². The third kappa shape index (κ3) is 6.21. The number of halogens is 1. The standard InChI is InChI=1S/C23H22FNO3/c24-21-10-12-22(13-11-21)28-17-23(26)25-14-19-8-4-5-9-20(19)16-27-15-18-6-2-1-3-7-18/h1-13H,14-17H2,(H,25,26). The molecule has 0 unspecified atom stereocenters. The molecule has 0 spiro atoms. The number of hydrogen-bond donors (Lipinski definition) is 1. The molecule has 0 aliphatic rings.